The zero-order valence-corrected chi connectivity index (χ0v) is 14.1. The molecule has 1 aliphatic rings. The number of unbranched alkanes of at least 4 members (excludes halogenated alkanes) is 8. The molecular formula is C20H34O2. The van der Waals surface area contributed by atoms with Crippen molar-refractivity contribution in [2.24, 2.45) is 5.92 Å². The Kier molecular flexibility index (Phi) is 11.7. The summed E-state index contributed by atoms with van der Waals surface area (Å²) in [6.07, 6.45) is 25.9. The van der Waals surface area contributed by atoms with Crippen LogP contribution in [0.1, 0.15) is 89.9 Å². The zero-order chi connectivity index (χ0) is 15.9. The summed E-state index contributed by atoms with van der Waals surface area (Å²) in [6.45, 7) is 0. The first-order valence-corrected chi connectivity index (χ1v) is 9.32. The van der Waals surface area contributed by atoms with Crippen LogP contribution in [0.2, 0.25) is 0 Å². The molecule has 0 radical (unpaired) electrons. The third kappa shape index (κ3) is 11.6. The number of hydrogen-bond acceptors (Lipinski definition) is 1. The van der Waals surface area contributed by atoms with E-state index in [4.69, 9.17) is 5.11 Å². The molecule has 2 heteroatoms. The largest absolute Gasteiger partial charge is 0.481 e. The molecule has 0 fully saturated rings. The van der Waals surface area contributed by atoms with E-state index in [0.29, 0.717) is 6.42 Å². The summed E-state index contributed by atoms with van der Waals surface area (Å²) in [6, 6.07) is 0. The first-order chi connectivity index (χ1) is 10.8. The molecule has 1 rings (SSSR count). The second-order valence-electron chi connectivity index (χ2n) is 6.58. The number of carbonyl (C=O) groups is 1. The van der Waals surface area contributed by atoms with Crippen molar-refractivity contribution in [1.82, 2.24) is 0 Å². The van der Waals surface area contributed by atoms with Crippen LogP contribution in [0.4, 0.5) is 0 Å². The standard InChI is InChI=1S/C20H34O2/c21-20(22)18-12-10-8-6-4-2-1-3-5-7-9-11-15-19-16-13-14-17-19/h1-2,13,16,19H,3-12,14-15,17-18H2,(H,21,22)/b2-1+. The van der Waals surface area contributed by atoms with Crippen molar-refractivity contribution in [2.45, 2.75) is 89.9 Å². The number of allylic oxidation sites excluding steroid dienone is 4. The van der Waals surface area contributed by atoms with Gasteiger partial charge in [-0.3, -0.25) is 4.79 Å². The molecule has 0 saturated carbocycles. The van der Waals surface area contributed by atoms with Crippen molar-refractivity contribution in [3.8, 4) is 0 Å². The Morgan fingerprint density at radius 1 is 0.955 bits per heavy atom. The molecule has 0 bridgehead atoms. The molecule has 22 heavy (non-hydrogen) atoms. The Balaban J connectivity index is 1.74. The van der Waals surface area contributed by atoms with Crippen LogP contribution in [0.25, 0.3) is 0 Å². The van der Waals surface area contributed by atoms with Crippen LogP contribution in [0, 0.1) is 5.92 Å². The van der Waals surface area contributed by atoms with Crippen molar-refractivity contribution < 1.29 is 9.90 Å². The summed E-state index contributed by atoms with van der Waals surface area (Å²) in [5.41, 5.74) is 0. The van der Waals surface area contributed by atoms with Gasteiger partial charge in [0.2, 0.25) is 0 Å². The van der Waals surface area contributed by atoms with E-state index in [1.165, 1.54) is 57.8 Å². The average Bonchev–Trinajstić information content (AvgIpc) is 3.00. The van der Waals surface area contributed by atoms with Crippen molar-refractivity contribution in [1.29, 1.82) is 0 Å². The van der Waals surface area contributed by atoms with Crippen molar-refractivity contribution in [2.75, 3.05) is 0 Å². The second kappa shape index (κ2) is 13.6. The topological polar surface area (TPSA) is 37.3 Å². The highest BCUT2D eigenvalue weighted by Gasteiger charge is 2.07. The summed E-state index contributed by atoms with van der Waals surface area (Å²) < 4.78 is 0. The lowest BCUT2D eigenvalue weighted by Gasteiger charge is -2.06. The first kappa shape index (κ1) is 19.0. The summed E-state index contributed by atoms with van der Waals surface area (Å²) in [4.78, 5) is 10.4. The third-order valence-electron chi connectivity index (χ3n) is 4.49. The molecule has 0 saturated heterocycles. The number of hydrogen-bond donors (Lipinski definition) is 1. The fourth-order valence-electron chi connectivity index (χ4n) is 3.09. The van der Waals surface area contributed by atoms with Gasteiger partial charge in [0, 0.05) is 6.42 Å². The zero-order valence-electron chi connectivity index (χ0n) is 14.1. The summed E-state index contributed by atoms with van der Waals surface area (Å²) in [7, 11) is 0. The quantitative estimate of drug-likeness (QED) is 0.303. The van der Waals surface area contributed by atoms with Crippen LogP contribution in [0.3, 0.4) is 0 Å². The predicted molar refractivity (Wildman–Crippen MR) is 94.0 cm³/mol. The average molecular weight is 306 g/mol. The van der Waals surface area contributed by atoms with Crippen LogP contribution >= 0.6 is 0 Å². The van der Waals surface area contributed by atoms with Gasteiger partial charge in [-0.2, -0.15) is 0 Å². The van der Waals surface area contributed by atoms with E-state index < -0.39 is 5.97 Å². The van der Waals surface area contributed by atoms with Crippen LogP contribution in [-0.2, 0) is 4.79 Å². The fourth-order valence-corrected chi connectivity index (χ4v) is 3.09. The van der Waals surface area contributed by atoms with Gasteiger partial charge in [-0.05, 0) is 57.3 Å². The Hall–Kier alpha value is -1.05. The van der Waals surface area contributed by atoms with Gasteiger partial charge < -0.3 is 5.11 Å². The number of carboxylic acids is 1. The van der Waals surface area contributed by atoms with E-state index in [1.54, 1.807) is 0 Å². The Morgan fingerprint density at radius 2 is 1.59 bits per heavy atom. The van der Waals surface area contributed by atoms with E-state index in [1.807, 2.05) is 0 Å². The molecule has 1 N–H and O–H groups in total. The lowest BCUT2D eigenvalue weighted by molar-refractivity contribution is -0.137. The van der Waals surface area contributed by atoms with Gasteiger partial charge in [0.15, 0.2) is 0 Å². The van der Waals surface area contributed by atoms with Crippen LogP contribution in [-0.4, -0.2) is 11.1 Å². The normalized spacial score (nSPS) is 17.5. The van der Waals surface area contributed by atoms with Gasteiger partial charge in [-0.25, -0.2) is 0 Å². The maximum atomic E-state index is 10.4. The fraction of sp³-hybridized carbons (Fsp3) is 0.750. The molecule has 0 aromatic carbocycles. The lowest BCUT2D eigenvalue weighted by Crippen LogP contribution is -1.93. The van der Waals surface area contributed by atoms with E-state index in [0.717, 1.165) is 31.6 Å². The maximum absolute atomic E-state index is 10.4. The second-order valence-corrected chi connectivity index (χ2v) is 6.58. The van der Waals surface area contributed by atoms with Crippen LogP contribution in [0.5, 0.6) is 0 Å². The third-order valence-corrected chi connectivity index (χ3v) is 4.49. The minimum atomic E-state index is -0.667. The van der Waals surface area contributed by atoms with Gasteiger partial charge in [0.1, 0.15) is 0 Å². The maximum Gasteiger partial charge on any atom is 0.303 e. The smallest absolute Gasteiger partial charge is 0.303 e. The molecule has 0 amide bonds. The number of rotatable bonds is 14. The first-order valence-electron chi connectivity index (χ1n) is 9.32. The Morgan fingerprint density at radius 3 is 2.18 bits per heavy atom. The van der Waals surface area contributed by atoms with Gasteiger partial charge in [0.05, 0.1) is 0 Å². The monoisotopic (exact) mass is 306 g/mol. The van der Waals surface area contributed by atoms with Crippen LogP contribution in [0.15, 0.2) is 24.3 Å². The molecule has 0 aromatic rings. The van der Waals surface area contributed by atoms with Gasteiger partial charge in [0.25, 0.3) is 0 Å². The minimum Gasteiger partial charge on any atom is -0.481 e. The van der Waals surface area contributed by atoms with E-state index in [-0.39, 0.29) is 0 Å². The minimum absolute atomic E-state index is 0.326. The molecule has 1 unspecified atom stereocenters. The SMILES string of the molecule is O=C(O)CCCCCC/C=C/CCCCCCC1C=CCC1. The molecule has 1 aliphatic carbocycles. The molecule has 0 heterocycles. The molecule has 2 nitrogen and oxygen atoms in total. The Labute approximate surface area is 136 Å². The predicted octanol–water partition coefficient (Wildman–Crippen LogP) is 6.27. The highest BCUT2D eigenvalue weighted by Crippen LogP contribution is 2.23. The molecule has 1 atom stereocenters. The van der Waals surface area contributed by atoms with E-state index in [9.17, 15) is 4.79 Å². The van der Waals surface area contributed by atoms with Crippen molar-refractivity contribution in [3.63, 3.8) is 0 Å². The molecule has 0 spiro atoms. The van der Waals surface area contributed by atoms with E-state index >= 15 is 0 Å². The Bertz CT molecular complexity index is 331. The van der Waals surface area contributed by atoms with Gasteiger partial charge in [-0.15, -0.1) is 0 Å². The number of carboxylic acid groups (broad SMARTS) is 1. The van der Waals surface area contributed by atoms with Crippen molar-refractivity contribution >= 4 is 5.97 Å². The highest BCUT2D eigenvalue weighted by atomic mass is 16.4. The summed E-state index contributed by atoms with van der Waals surface area (Å²) >= 11 is 0. The van der Waals surface area contributed by atoms with Gasteiger partial charge >= 0.3 is 5.97 Å². The lowest BCUT2D eigenvalue weighted by atomic mass is 10.00. The summed E-state index contributed by atoms with van der Waals surface area (Å²) in [5, 5.41) is 8.53. The highest BCUT2D eigenvalue weighted by molar-refractivity contribution is 5.66. The molecule has 0 aliphatic heterocycles. The molecule has 126 valence electrons. The summed E-state index contributed by atoms with van der Waals surface area (Å²) in [5.74, 6) is 0.218. The van der Waals surface area contributed by atoms with Gasteiger partial charge in [-0.1, -0.05) is 56.4 Å². The van der Waals surface area contributed by atoms with Crippen LogP contribution < -0.4 is 0 Å². The molecule has 0 aromatic heterocycles. The number of aliphatic carboxylic acids is 1. The van der Waals surface area contributed by atoms with Crippen molar-refractivity contribution in [3.05, 3.63) is 24.3 Å². The van der Waals surface area contributed by atoms with E-state index in [2.05, 4.69) is 24.3 Å². The molecular weight excluding hydrogens is 272 g/mol.